The molecule has 1 nitrogen and oxygen atoms in total. The highest BCUT2D eigenvalue weighted by atomic mass is 16.5. The van der Waals surface area contributed by atoms with Crippen LogP contribution in [-0.2, 0) is 6.42 Å². The van der Waals surface area contributed by atoms with Crippen molar-refractivity contribution < 1.29 is 4.74 Å². The predicted molar refractivity (Wildman–Crippen MR) is 176 cm³/mol. The molecule has 7 aliphatic rings. The van der Waals surface area contributed by atoms with E-state index in [-0.39, 0.29) is 11.8 Å². The lowest BCUT2D eigenvalue weighted by atomic mass is 9.60. The van der Waals surface area contributed by atoms with Gasteiger partial charge in [0.25, 0.3) is 0 Å². The maximum absolute atomic E-state index is 6.25. The van der Waals surface area contributed by atoms with Crippen LogP contribution in [0.25, 0.3) is 16.7 Å². The maximum atomic E-state index is 6.25. The predicted octanol–water partition coefficient (Wildman–Crippen LogP) is 9.80. The molecule has 0 N–H and O–H groups in total. The molecule has 0 amide bonds. The minimum atomic E-state index is 0.215. The Balaban J connectivity index is 1.36. The van der Waals surface area contributed by atoms with E-state index in [1.165, 1.54) is 72.4 Å². The van der Waals surface area contributed by atoms with Gasteiger partial charge in [0.1, 0.15) is 12.4 Å². The molecule has 43 heavy (non-hydrogen) atoms. The molecule has 0 saturated carbocycles. The lowest BCUT2D eigenvalue weighted by molar-refractivity contribution is 0.357. The standard InChI is InChI=1S/C42H32O/c1-23-14-16-25(17-15-23)32-20-24(2)21-33-34-22-26-8-3-4-9-27(26)37(34)40-29-11-6-5-10-28(29)38-31-18-19-43-35-13-7-12-30(36(31)35)41(38)42(40)39(32)33/h3-5,7-10,12-18,20-21,32,40H,6,11,19,22H2,1-2H3. The summed E-state index contributed by atoms with van der Waals surface area (Å²) >= 11 is 0. The van der Waals surface area contributed by atoms with Gasteiger partial charge in [0.2, 0.25) is 0 Å². The van der Waals surface area contributed by atoms with Crippen molar-refractivity contribution in [2.75, 3.05) is 6.61 Å². The zero-order valence-electron chi connectivity index (χ0n) is 24.6. The zero-order valence-corrected chi connectivity index (χ0v) is 24.6. The van der Waals surface area contributed by atoms with Gasteiger partial charge in [-0.3, -0.25) is 0 Å². The fourth-order valence-electron chi connectivity index (χ4n) is 9.08. The first-order valence-corrected chi connectivity index (χ1v) is 15.8. The Morgan fingerprint density at radius 1 is 0.791 bits per heavy atom. The van der Waals surface area contributed by atoms with Gasteiger partial charge in [-0.1, -0.05) is 102 Å². The average molecular weight is 553 g/mol. The Morgan fingerprint density at radius 2 is 1.65 bits per heavy atom. The van der Waals surface area contributed by atoms with Gasteiger partial charge < -0.3 is 4.74 Å². The van der Waals surface area contributed by atoms with E-state index in [0.29, 0.717) is 6.61 Å². The summed E-state index contributed by atoms with van der Waals surface area (Å²) in [6, 6.07) is 25.2. The van der Waals surface area contributed by atoms with E-state index in [1.807, 2.05) is 0 Å². The molecule has 1 heteroatoms. The Morgan fingerprint density at radius 3 is 2.56 bits per heavy atom. The first-order chi connectivity index (χ1) is 21.2. The molecule has 2 unspecified atom stereocenters. The summed E-state index contributed by atoms with van der Waals surface area (Å²) in [5, 5.41) is 0. The molecular formula is C42H32O. The zero-order chi connectivity index (χ0) is 28.4. The second-order valence-electron chi connectivity index (χ2n) is 13.1. The van der Waals surface area contributed by atoms with Crippen LogP contribution in [0.3, 0.4) is 0 Å². The largest absolute Gasteiger partial charge is 0.489 e. The summed E-state index contributed by atoms with van der Waals surface area (Å²) < 4.78 is 6.25. The van der Waals surface area contributed by atoms with Crippen molar-refractivity contribution in [3.8, 4) is 5.75 Å². The average Bonchev–Trinajstić information content (AvgIpc) is 3.59. The monoisotopic (exact) mass is 552 g/mol. The first kappa shape index (κ1) is 23.9. The molecule has 0 radical (unpaired) electrons. The SMILES string of the molecule is CC1=CC(c2ccc(C)cc2)C2=C3C4=C(C5=CCOc6cccc4c65)C4=C(CCC=C4)C3C3=C(Cc4ccccc43)C2=C1. The van der Waals surface area contributed by atoms with E-state index in [9.17, 15) is 0 Å². The Bertz CT molecular complexity index is 2090. The molecule has 0 aromatic heterocycles. The van der Waals surface area contributed by atoms with Crippen LogP contribution in [0.1, 0.15) is 59.1 Å². The van der Waals surface area contributed by atoms with Crippen LogP contribution in [-0.4, -0.2) is 6.61 Å². The Labute approximate surface area is 253 Å². The van der Waals surface area contributed by atoms with E-state index >= 15 is 0 Å². The number of ether oxygens (including phenoxy) is 1. The third-order valence-corrected chi connectivity index (χ3v) is 10.7. The number of benzene rings is 3. The van der Waals surface area contributed by atoms with Crippen LogP contribution in [0, 0.1) is 12.8 Å². The smallest absolute Gasteiger partial charge is 0.128 e. The third kappa shape index (κ3) is 3.07. The summed E-state index contributed by atoms with van der Waals surface area (Å²) in [5.74, 6) is 1.51. The number of rotatable bonds is 1. The molecule has 6 aliphatic carbocycles. The van der Waals surface area contributed by atoms with E-state index in [0.717, 1.165) is 25.0 Å². The molecule has 3 aromatic rings. The van der Waals surface area contributed by atoms with Crippen LogP contribution in [0.15, 0.2) is 142 Å². The fraction of sp³-hybridized carbons (Fsp3) is 0.190. The second-order valence-corrected chi connectivity index (χ2v) is 13.1. The van der Waals surface area contributed by atoms with Crippen LogP contribution in [0.4, 0.5) is 0 Å². The number of allylic oxidation sites excluding steroid dienone is 15. The van der Waals surface area contributed by atoms with Crippen LogP contribution >= 0.6 is 0 Å². The van der Waals surface area contributed by atoms with Gasteiger partial charge in [-0.2, -0.15) is 0 Å². The molecule has 2 atom stereocenters. The van der Waals surface area contributed by atoms with Crippen molar-refractivity contribution in [3.63, 3.8) is 0 Å². The highest BCUT2D eigenvalue weighted by Gasteiger charge is 2.49. The van der Waals surface area contributed by atoms with Crippen LogP contribution < -0.4 is 4.74 Å². The molecule has 0 spiro atoms. The highest BCUT2D eigenvalue weighted by Crippen LogP contribution is 2.66. The molecule has 0 fully saturated rings. The Kier molecular flexibility index (Phi) is 4.71. The Hall–Kier alpha value is -4.62. The minimum absolute atomic E-state index is 0.215. The number of hydrogen-bond acceptors (Lipinski definition) is 1. The molecule has 10 rings (SSSR count). The van der Waals surface area contributed by atoms with Gasteiger partial charge in [-0.15, -0.1) is 0 Å². The third-order valence-electron chi connectivity index (χ3n) is 10.7. The molecule has 3 aromatic carbocycles. The number of hydrogen-bond donors (Lipinski definition) is 0. The van der Waals surface area contributed by atoms with Crippen molar-refractivity contribution in [1.29, 1.82) is 0 Å². The van der Waals surface area contributed by atoms with Crippen molar-refractivity contribution in [2.45, 2.75) is 39.0 Å². The summed E-state index contributed by atoms with van der Waals surface area (Å²) in [6.07, 6.45) is 15.4. The summed E-state index contributed by atoms with van der Waals surface area (Å²) in [4.78, 5) is 0. The summed E-state index contributed by atoms with van der Waals surface area (Å²) in [6.45, 7) is 5.11. The van der Waals surface area contributed by atoms with Gasteiger partial charge in [0.15, 0.2) is 0 Å². The molecular weight excluding hydrogens is 520 g/mol. The van der Waals surface area contributed by atoms with Crippen molar-refractivity contribution in [3.05, 3.63) is 175 Å². The van der Waals surface area contributed by atoms with Crippen LogP contribution in [0.2, 0.25) is 0 Å². The lowest BCUT2D eigenvalue weighted by Crippen LogP contribution is -2.27. The fourth-order valence-corrected chi connectivity index (χ4v) is 9.08. The lowest BCUT2D eigenvalue weighted by Gasteiger charge is -2.43. The van der Waals surface area contributed by atoms with Crippen LogP contribution in [0.5, 0.6) is 5.75 Å². The topological polar surface area (TPSA) is 9.23 Å². The van der Waals surface area contributed by atoms with Gasteiger partial charge in [0.05, 0.1) is 0 Å². The molecule has 0 bridgehead atoms. The van der Waals surface area contributed by atoms with Gasteiger partial charge in [-0.25, -0.2) is 0 Å². The van der Waals surface area contributed by atoms with E-state index < -0.39 is 0 Å². The first-order valence-electron chi connectivity index (χ1n) is 15.8. The number of fused-ring (bicyclic) bond motifs is 11. The van der Waals surface area contributed by atoms with Gasteiger partial charge in [-0.05, 0) is 118 Å². The normalized spacial score (nSPS) is 23.8. The molecule has 0 saturated heterocycles. The molecule has 1 heterocycles. The maximum Gasteiger partial charge on any atom is 0.128 e. The molecule has 1 aliphatic heterocycles. The number of aryl methyl sites for hydroxylation is 1. The quantitative estimate of drug-likeness (QED) is 0.292. The van der Waals surface area contributed by atoms with Crippen molar-refractivity contribution >= 4 is 16.7 Å². The van der Waals surface area contributed by atoms with E-state index in [4.69, 9.17) is 4.74 Å². The summed E-state index contributed by atoms with van der Waals surface area (Å²) in [5.41, 5.74) is 24.6. The van der Waals surface area contributed by atoms with Gasteiger partial charge >= 0.3 is 0 Å². The highest BCUT2D eigenvalue weighted by molar-refractivity contribution is 6.14. The van der Waals surface area contributed by atoms with Gasteiger partial charge in [0, 0.05) is 17.4 Å². The minimum Gasteiger partial charge on any atom is -0.489 e. The second kappa shape index (κ2) is 8.48. The van der Waals surface area contributed by atoms with Crippen molar-refractivity contribution in [2.24, 2.45) is 5.92 Å². The van der Waals surface area contributed by atoms with E-state index in [1.54, 1.807) is 22.3 Å². The van der Waals surface area contributed by atoms with Crippen molar-refractivity contribution in [1.82, 2.24) is 0 Å². The molecule has 206 valence electrons. The van der Waals surface area contributed by atoms with E-state index in [2.05, 4.69) is 111 Å². The summed E-state index contributed by atoms with van der Waals surface area (Å²) in [7, 11) is 0.